The minimum absolute atomic E-state index is 0.698. The average molecular weight is 286 g/mol. The molecule has 2 rings (SSSR count). The lowest BCUT2D eigenvalue weighted by Crippen LogP contribution is -2.09. The van der Waals surface area contributed by atoms with Crippen molar-refractivity contribution < 1.29 is 9.47 Å². The van der Waals surface area contributed by atoms with Gasteiger partial charge in [0.15, 0.2) is 0 Å². The maximum absolute atomic E-state index is 5.41. The van der Waals surface area contributed by atoms with Crippen molar-refractivity contribution in [2.24, 2.45) is 0 Å². The monoisotopic (exact) mass is 286 g/mol. The number of anilines is 2. The normalized spacial score (nSPS) is 10.1. The van der Waals surface area contributed by atoms with E-state index < -0.39 is 0 Å². The minimum Gasteiger partial charge on any atom is -0.497 e. The van der Waals surface area contributed by atoms with E-state index in [1.165, 1.54) is 5.69 Å². The number of nitrogens with zero attached hydrogens (tertiary/aromatic N) is 1. The van der Waals surface area contributed by atoms with Gasteiger partial charge >= 0.3 is 0 Å². The third-order valence-electron chi connectivity index (χ3n) is 3.34. The van der Waals surface area contributed by atoms with Gasteiger partial charge in [0.1, 0.15) is 11.5 Å². The van der Waals surface area contributed by atoms with E-state index in [0.29, 0.717) is 6.54 Å². The SMILES string of the molecule is COc1ccc(CNc2cccc(N(C)C)c2)c(OC)c1. The second-order valence-electron chi connectivity index (χ2n) is 4.98. The lowest BCUT2D eigenvalue weighted by atomic mass is 10.2. The molecule has 112 valence electrons. The van der Waals surface area contributed by atoms with Crippen LogP contribution < -0.4 is 19.7 Å². The Kier molecular flexibility index (Phi) is 4.93. The Morgan fingerprint density at radius 1 is 1.00 bits per heavy atom. The maximum atomic E-state index is 5.41. The molecule has 0 radical (unpaired) electrons. The van der Waals surface area contributed by atoms with Crippen LogP contribution in [0.5, 0.6) is 11.5 Å². The summed E-state index contributed by atoms with van der Waals surface area (Å²) in [5.74, 6) is 1.62. The first-order valence-corrected chi connectivity index (χ1v) is 6.86. The Bertz CT molecular complexity index is 597. The molecule has 4 heteroatoms. The zero-order valence-corrected chi connectivity index (χ0v) is 13.0. The molecule has 0 saturated heterocycles. The van der Waals surface area contributed by atoms with Gasteiger partial charge in [-0.3, -0.25) is 0 Å². The molecule has 4 nitrogen and oxygen atoms in total. The summed E-state index contributed by atoms with van der Waals surface area (Å²) < 4.78 is 10.6. The third kappa shape index (κ3) is 3.81. The quantitative estimate of drug-likeness (QED) is 0.882. The summed E-state index contributed by atoms with van der Waals surface area (Å²) in [4.78, 5) is 2.08. The van der Waals surface area contributed by atoms with E-state index in [4.69, 9.17) is 9.47 Å². The second kappa shape index (κ2) is 6.88. The van der Waals surface area contributed by atoms with Gasteiger partial charge in [-0.2, -0.15) is 0 Å². The van der Waals surface area contributed by atoms with Crippen molar-refractivity contribution in [2.45, 2.75) is 6.54 Å². The number of ether oxygens (including phenoxy) is 2. The Balaban J connectivity index is 2.11. The smallest absolute Gasteiger partial charge is 0.127 e. The molecule has 21 heavy (non-hydrogen) atoms. The second-order valence-corrected chi connectivity index (χ2v) is 4.98. The summed E-state index contributed by atoms with van der Waals surface area (Å²) in [7, 11) is 7.39. The van der Waals surface area contributed by atoms with Crippen molar-refractivity contribution in [3.05, 3.63) is 48.0 Å². The fraction of sp³-hybridized carbons (Fsp3) is 0.294. The van der Waals surface area contributed by atoms with Crippen LogP contribution >= 0.6 is 0 Å². The molecule has 0 aliphatic carbocycles. The molecule has 0 atom stereocenters. The molecule has 0 unspecified atom stereocenters. The van der Waals surface area contributed by atoms with Gasteiger partial charge < -0.3 is 19.7 Å². The van der Waals surface area contributed by atoms with Crippen molar-refractivity contribution in [1.82, 2.24) is 0 Å². The summed E-state index contributed by atoms with van der Waals surface area (Å²) in [5, 5.41) is 3.42. The van der Waals surface area contributed by atoms with Crippen molar-refractivity contribution >= 4 is 11.4 Å². The van der Waals surface area contributed by atoms with Crippen LogP contribution in [0.25, 0.3) is 0 Å². The Hall–Kier alpha value is -2.36. The molecule has 2 aromatic rings. The standard InChI is InChI=1S/C17H22N2O2/c1-19(2)15-7-5-6-14(10-15)18-12-13-8-9-16(20-3)11-17(13)21-4/h5-11,18H,12H2,1-4H3. The predicted molar refractivity (Wildman–Crippen MR) is 87.6 cm³/mol. The highest BCUT2D eigenvalue weighted by molar-refractivity contribution is 5.58. The third-order valence-corrected chi connectivity index (χ3v) is 3.34. The van der Waals surface area contributed by atoms with E-state index in [1.54, 1.807) is 14.2 Å². The highest BCUT2D eigenvalue weighted by atomic mass is 16.5. The van der Waals surface area contributed by atoms with E-state index in [-0.39, 0.29) is 0 Å². The summed E-state index contributed by atoms with van der Waals surface area (Å²) in [6.07, 6.45) is 0. The van der Waals surface area contributed by atoms with Crippen LogP contribution in [-0.2, 0) is 6.54 Å². The van der Waals surface area contributed by atoms with Gasteiger partial charge in [0.05, 0.1) is 14.2 Å². The van der Waals surface area contributed by atoms with Gasteiger partial charge in [-0.25, -0.2) is 0 Å². The number of hydrogen-bond donors (Lipinski definition) is 1. The number of benzene rings is 2. The first kappa shape index (κ1) is 15.0. The van der Waals surface area contributed by atoms with Crippen LogP contribution in [0.3, 0.4) is 0 Å². The number of hydrogen-bond acceptors (Lipinski definition) is 4. The number of rotatable bonds is 6. The zero-order valence-electron chi connectivity index (χ0n) is 13.0. The van der Waals surface area contributed by atoms with Gasteiger partial charge in [0.2, 0.25) is 0 Å². The molecule has 0 fully saturated rings. The fourth-order valence-corrected chi connectivity index (χ4v) is 2.09. The topological polar surface area (TPSA) is 33.7 Å². The average Bonchev–Trinajstić information content (AvgIpc) is 2.53. The van der Waals surface area contributed by atoms with E-state index in [1.807, 2.05) is 38.4 Å². The van der Waals surface area contributed by atoms with E-state index in [9.17, 15) is 0 Å². The molecular weight excluding hydrogens is 264 g/mol. The molecule has 0 spiro atoms. The van der Waals surface area contributed by atoms with E-state index >= 15 is 0 Å². The molecule has 0 heterocycles. The number of methoxy groups -OCH3 is 2. The van der Waals surface area contributed by atoms with E-state index in [0.717, 1.165) is 22.7 Å². The minimum atomic E-state index is 0.698. The van der Waals surface area contributed by atoms with Crippen LogP contribution in [0.2, 0.25) is 0 Å². The van der Waals surface area contributed by atoms with Crippen molar-refractivity contribution in [3.63, 3.8) is 0 Å². The Labute approximate surface area is 126 Å². The first-order valence-electron chi connectivity index (χ1n) is 6.86. The van der Waals surface area contributed by atoms with Crippen LogP contribution in [0.4, 0.5) is 11.4 Å². The highest BCUT2D eigenvalue weighted by Gasteiger charge is 2.05. The molecule has 0 saturated carbocycles. The lowest BCUT2D eigenvalue weighted by molar-refractivity contribution is 0.391. The first-order chi connectivity index (χ1) is 10.1. The van der Waals surface area contributed by atoms with Gasteiger partial charge in [0, 0.05) is 43.6 Å². The summed E-state index contributed by atoms with van der Waals surface area (Å²) in [6, 6.07) is 14.2. The molecule has 2 aromatic carbocycles. The Morgan fingerprint density at radius 2 is 1.81 bits per heavy atom. The zero-order chi connectivity index (χ0) is 15.2. The predicted octanol–water partition coefficient (Wildman–Crippen LogP) is 3.38. The van der Waals surface area contributed by atoms with Crippen molar-refractivity contribution in [1.29, 1.82) is 0 Å². The van der Waals surface area contributed by atoms with Crippen LogP contribution in [0.15, 0.2) is 42.5 Å². The molecule has 1 N–H and O–H groups in total. The largest absolute Gasteiger partial charge is 0.497 e. The Morgan fingerprint density at radius 3 is 2.48 bits per heavy atom. The number of nitrogens with one attached hydrogen (secondary N) is 1. The van der Waals surface area contributed by atoms with Crippen LogP contribution in [-0.4, -0.2) is 28.3 Å². The van der Waals surface area contributed by atoms with E-state index in [2.05, 4.69) is 28.4 Å². The van der Waals surface area contributed by atoms with Crippen LogP contribution in [0.1, 0.15) is 5.56 Å². The molecule has 0 bridgehead atoms. The van der Waals surface area contributed by atoms with Gasteiger partial charge in [-0.05, 0) is 30.3 Å². The molecular formula is C17H22N2O2. The molecule has 0 amide bonds. The van der Waals surface area contributed by atoms with Gasteiger partial charge in [0.25, 0.3) is 0 Å². The van der Waals surface area contributed by atoms with Crippen molar-refractivity contribution in [3.8, 4) is 11.5 Å². The van der Waals surface area contributed by atoms with Crippen LogP contribution in [0, 0.1) is 0 Å². The lowest BCUT2D eigenvalue weighted by Gasteiger charge is -2.15. The highest BCUT2D eigenvalue weighted by Crippen LogP contribution is 2.26. The molecule has 0 aliphatic heterocycles. The molecule has 0 aromatic heterocycles. The summed E-state index contributed by atoms with van der Waals surface area (Å²) in [5.41, 5.74) is 3.34. The maximum Gasteiger partial charge on any atom is 0.127 e. The fourth-order valence-electron chi connectivity index (χ4n) is 2.09. The van der Waals surface area contributed by atoms with Gasteiger partial charge in [-0.15, -0.1) is 0 Å². The summed E-state index contributed by atoms with van der Waals surface area (Å²) in [6.45, 7) is 0.698. The molecule has 0 aliphatic rings. The van der Waals surface area contributed by atoms with Gasteiger partial charge in [-0.1, -0.05) is 6.07 Å². The van der Waals surface area contributed by atoms with Crippen molar-refractivity contribution in [2.75, 3.05) is 38.5 Å². The summed E-state index contributed by atoms with van der Waals surface area (Å²) >= 11 is 0.